The second-order valence-corrected chi connectivity index (χ2v) is 26.0. The first kappa shape index (κ1) is 39.7. The minimum atomic E-state index is -4.04. The standard InChI is InChI=1S/C30H56F2N4O4SSi2/c1-12-13-14-21-36(26(19-20-30(31,32)24-34-35-33)23-40-43(10,11)29(5,6)7)41(37,38)27-17-15-25(16-18-27)22-39-42(8,9)28(2,3)4/h15-18,26H,12-14,19-24H2,1-11H3/t26-/m0/s1. The molecular formula is C30H56F2N4O4SSi2. The zero-order valence-electron chi connectivity index (χ0n) is 28.3. The third kappa shape index (κ3) is 12.2. The van der Waals surface area contributed by atoms with Crippen LogP contribution in [0, 0.1) is 0 Å². The average molecular weight is 663 g/mol. The van der Waals surface area contributed by atoms with Gasteiger partial charge in [0.1, 0.15) is 0 Å². The van der Waals surface area contributed by atoms with Crippen LogP contribution >= 0.6 is 0 Å². The van der Waals surface area contributed by atoms with E-state index in [0.717, 1.165) is 18.4 Å². The number of azide groups is 1. The molecule has 0 saturated carbocycles. The van der Waals surface area contributed by atoms with Crippen LogP contribution in [0.5, 0.6) is 0 Å². The smallest absolute Gasteiger partial charge is 0.253 e. The van der Waals surface area contributed by atoms with Crippen LogP contribution in [0.1, 0.15) is 86.1 Å². The van der Waals surface area contributed by atoms with E-state index < -0.39 is 51.6 Å². The summed E-state index contributed by atoms with van der Waals surface area (Å²) in [5.41, 5.74) is 9.41. The fourth-order valence-electron chi connectivity index (χ4n) is 3.81. The highest BCUT2D eigenvalue weighted by Crippen LogP contribution is 2.38. The number of hydrogen-bond acceptors (Lipinski definition) is 5. The Balaban J connectivity index is 3.42. The number of nitrogens with zero attached hydrogens (tertiary/aromatic N) is 4. The third-order valence-corrected chi connectivity index (χ3v) is 19.9. The highest BCUT2D eigenvalue weighted by molar-refractivity contribution is 7.89. The van der Waals surface area contributed by atoms with Gasteiger partial charge in [-0.2, -0.15) is 4.31 Å². The molecule has 8 nitrogen and oxygen atoms in total. The van der Waals surface area contributed by atoms with Gasteiger partial charge in [0.25, 0.3) is 5.92 Å². The Morgan fingerprint density at radius 2 is 1.49 bits per heavy atom. The predicted molar refractivity (Wildman–Crippen MR) is 177 cm³/mol. The van der Waals surface area contributed by atoms with Gasteiger partial charge in [0, 0.05) is 23.9 Å². The van der Waals surface area contributed by atoms with Crippen molar-refractivity contribution in [2.45, 2.75) is 140 Å². The van der Waals surface area contributed by atoms with E-state index in [1.54, 1.807) is 24.3 Å². The summed E-state index contributed by atoms with van der Waals surface area (Å²) < 4.78 is 71.6. The van der Waals surface area contributed by atoms with Crippen molar-refractivity contribution in [1.29, 1.82) is 0 Å². The molecule has 0 aromatic heterocycles. The maximum absolute atomic E-state index is 14.6. The summed E-state index contributed by atoms with van der Waals surface area (Å²) in [4.78, 5) is 2.58. The number of benzene rings is 1. The molecule has 0 aliphatic carbocycles. The fraction of sp³-hybridized carbons (Fsp3) is 0.800. The second kappa shape index (κ2) is 15.8. The van der Waals surface area contributed by atoms with Crippen LogP contribution in [0.3, 0.4) is 0 Å². The lowest BCUT2D eigenvalue weighted by molar-refractivity contribution is -0.00651. The van der Waals surface area contributed by atoms with Crippen molar-refractivity contribution in [3.63, 3.8) is 0 Å². The summed E-state index contributed by atoms with van der Waals surface area (Å²) in [6.45, 7) is 22.8. The first-order valence-corrected chi connectivity index (χ1v) is 22.5. The van der Waals surface area contributed by atoms with E-state index >= 15 is 0 Å². The van der Waals surface area contributed by atoms with Gasteiger partial charge in [0.15, 0.2) is 16.6 Å². The highest BCUT2D eigenvalue weighted by Gasteiger charge is 2.41. The second-order valence-electron chi connectivity index (χ2n) is 14.5. The van der Waals surface area contributed by atoms with Crippen LogP contribution in [0.25, 0.3) is 10.4 Å². The van der Waals surface area contributed by atoms with Gasteiger partial charge in [0.05, 0.1) is 24.7 Å². The molecule has 0 saturated heterocycles. The van der Waals surface area contributed by atoms with E-state index in [1.807, 2.05) is 6.92 Å². The Bertz CT molecular complexity index is 1160. The average Bonchev–Trinajstić information content (AvgIpc) is 2.88. The molecule has 0 spiro atoms. The van der Waals surface area contributed by atoms with Gasteiger partial charge >= 0.3 is 0 Å². The van der Waals surface area contributed by atoms with Crippen molar-refractivity contribution in [2.24, 2.45) is 5.11 Å². The predicted octanol–water partition coefficient (Wildman–Crippen LogP) is 9.51. The van der Waals surface area contributed by atoms with E-state index in [2.05, 4.69) is 77.8 Å². The zero-order valence-corrected chi connectivity index (χ0v) is 31.2. The van der Waals surface area contributed by atoms with Crippen LogP contribution in [-0.2, 0) is 25.5 Å². The van der Waals surface area contributed by atoms with Gasteiger partial charge in [-0.1, -0.05) is 78.6 Å². The first-order chi connectivity index (χ1) is 19.5. The Labute approximate surface area is 261 Å². The molecule has 13 heteroatoms. The van der Waals surface area contributed by atoms with Crippen molar-refractivity contribution in [2.75, 3.05) is 19.7 Å². The first-order valence-electron chi connectivity index (χ1n) is 15.3. The fourth-order valence-corrected chi connectivity index (χ4v) is 7.49. The van der Waals surface area contributed by atoms with Gasteiger partial charge in [-0.05, 0) is 72.3 Å². The largest absolute Gasteiger partial charge is 0.415 e. The molecule has 0 bridgehead atoms. The highest BCUT2D eigenvalue weighted by atomic mass is 32.2. The lowest BCUT2D eigenvalue weighted by atomic mass is 10.1. The molecule has 0 radical (unpaired) electrons. The van der Waals surface area contributed by atoms with Crippen LogP contribution in [0.15, 0.2) is 34.3 Å². The number of alkyl halides is 2. The molecule has 1 atom stereocenters. The van der Waals surface area contributed by atoms with E-state index in [0.29, 0.717) is 13.0 Å². The Morgan fingerprint density at radius 3 is 1.98 bits per heavy atom. The van der Waals surface area contributed by atoms with Crippen molar-refractivity contribution < 1.29 is 26.1 Å². The quantitative estimate of drug-likeness (QED) is 0.0513. The van der Waals surface area contributed by atoms with E-state index in [-0.39, 0.29) is 34.5 Å². The number of hydrogen-bond donors (Lipinski definition) is 0. The molecule has 0 fully saturated rings. The molecule has 1 aromatic rings. The normalized spacial score (nSPS) is 14.6. The van der Waals surface area contributed by atoms with Gasteiger partial charge in [0.2, 0.25) is 10.0 Å². The van der Waals surface area contributed by atoms with Crippen molar-refractivity contribution in [1.82, 2.24) is 4.31 Å². The summed E-state index contributed by atoms with van der Waals surface area (Å²) in [6.07, 6.45) is 1.53. The lowest BCUT2D eigenvalue weighted by Crippen LogP contribution is -2.48. The molecule has 248 valence electrons. The van der Waals surface area contributed by atoms with Crippen molar-refractivity contribution >= 4 is 26.7 Å². The van der Waals surface area contributed by atoms with Crippen LogP contribution in [0.4, 0.5) is 8.78 Å². The maximum Gasteiger partial charge on any atom is 0.253 e. The minimum absolute atomic E-state index is 0.0118. The van der Waals surface area contributed by atoms with Crippen molar-refractivity contribution in [3.05, 3.63) is 40.3 Å². The van der Waals surface area contributed by atoms with Crippen LogP contribution < -0.4 is 0 Å². The van der Waals surface area contributed by atoms with Gasteiger partial charge in [-0.15, -0.1) is 0 Å². The molecule has 0 unspecified atom stereocenters. The van der Waals surface area contributed by atoms with E-state index in [9.17, 15) is 17.2 Å². The minimum Gasteiger partial charge on any atom is -0.415 e. The maximum atomic E-state index is 14.6. The Morgan fingerprint density at radius 1 is 0.953 bits per heavy atom. The number of halogens is 2. The van der Waals surface area contributed by atoms with Crippen molar-refractivity contribution in [3.8, 4) is 0 Å². The molecule has 1 rings (SSSR count). The molecule has 0 amide bonds. The van der Waals surface area contributed by atoms with E-state index in [4.69, 9.17) is 14.4 Å². The summed E-state index contributed by atoms with van der Waals surface area (Å²) in [7, 11) is -8.35. The van der Waals surface area contributed by atoms with E-state index in [1.165, 1.54) is 4.31 Å². The molecule has 43 heavy (non-hydrogen) atoms. The zero-order chi connectivity index (χ0) is 33.3. The summed E-state index contributed by atoms with van der Waals surface area (Å²) in [6, 6.07) is 5.87. The molecule has 0 N–H and O–H groups in total. The molecule has 0 aliphatic rings. The summed E-state index contributed by atoms with van der Waals surface area (Å²) in [5.74, 6) is -3.26. The number of unbranched alkanes of at least 4 members (excludes halogenated alkanes) is 2. The van der Waals surface area contributed by atoms with Crippen LogP contribution in [0.2, 0.25) is 36.3 Å². The molecular weight excluding hydrogens is 607 g/mol. The lowest BCUT2D eigenvalue weighted by Gasteiger charge is -2.39. The third-order valence-electron chi connectivity index (χ3n) is 8.98. The molecule has 0 heterocycles. The summed E-state index contributed by atoms with van der Waals surface area (Å²) in [5, 5.41) is 2.97. The topological polar surface area (TPSA) is 105 Å². The number of sulfonamides is 1. The SMILES string of the molecule is CCCCCN([C@@H](CCC(F)(F)CN=[N+]=[N-])CO[Si](C)(C)C(C)(C)C)S(=O)(=O)c1ccc(CO[Si](C)(C)C(C)(C)C)cc1. The van der Waals surface area contributed by atoms with Gasteiger partial charge < -0.3 is 8.85 Å². The van der Waals surface area contributed by atoms with Gasteiger partial charge in [-0.3, -0.25) is 0 Å². The Kier molecular flexibility index (Phi) is 14.6. The van der Waals surface area contributed by atoms with Crippen LogP contribution in [-0.4, -0.2) is 61.0 Å². The summed E-state index contributed by atoms with van der Waals surface area (Å²) >= 11 is 0. The van der Waals surface area contributed by atoms with Gasteiger partial charge in [-0.25, -0.2) is 17.2 Å². The monoisotopic (exact) mass is 662 g/mol. The Hall–Kier alpha value is -1.35. The number of rotatable bonds is 18. The molecule has 0 aliphatic heterocycles. The molecule has 1 aromatic carbocycles.